The van der Waals surface area contributed by atoms with Gasteiger partial charge in [0.25, 0.3) is 0 Å². The molecule has 120 valence electrons. The minimum Gasteiger partial charge on any atom is -0.320 e. The fourth-order valence-corrected chi connectivity index (χ4v) is 4.69. The van der Waals surface area contributed by atoms with Gasteiger partial charge in [-0.3, -0.25) is 0 Å². The fourth-order valence-electron chi connectivity index (χ4n) is 2.71. The first-order valence-corrected chi connectivity index (χ1v) is 9.15. The van der Waals surface area contributed by atoms with Crippen LogP contribution in [0.15, 0.2) is 23.1 Å². The van der Waals surface area contributed by atoms with Crippen molar-refractivity contribution in [1.29, 1.82) is 5.26 Å². The van der Waals surface area contributed by atoms with E-state index in [-0.39, 0.29) is 9.92 Å². The highest BCUT2D eigenvalue weighted by Crippen LogP contribution is 2.29. The smallest absolute Gasteiger partial charge is 0.244 e. The molecule has 1 aliphatic heterocycles. The predicted molar refractivity (Wildman–Crippen MR) is 86.2 cm³/mol. The third kappa shape index (κ3) is 3.79. The van der Waals surface area contributed by atoms with E-state index < -0.39 is 10.0 Å². The van der Waals surface area contributed by atoms with Gasteiger partial charge in [0.2, 0.25) is 10.0 Å². The molecule has 0 bridgehead atoms. The molecule has 0 unspecified atom stereocenters. The summed E-state index contributed by atoms with van der Waals surface area (Å²) in [5.41, 5.74) is 0.356. The molecule has 5 nitrogen and oxygen atoms in total. The SMILES string of the molecule is CNCCC1CCN(S(=O)(=O)c2ccc(C#N)cc2Cl)CC1. The van der Waals surface area contributed by atoms with Crippen LogP contribution in [-0.4, -0.2) is 39.4 Å². The van der Waals surface area contributed by atoms with E-state index in [4.69, 9.17) is 16.9 Å². The second kappa shape index (κ2) is 7.42. The molecule has 1 N–H and O–H groups in total. The summed E-state index contributed by atoms with van der Waals surface area (Å²) in [7, 11) is -1.66. The van der Waals surface area contributed by atoms with E-state index in [0.29, 0.717) is 24.6 Å². The maximum Gasteiger partial charge on any atom is 0.244 e. The molecule has 2 rings (SSSR count). The molecule has 1 aromatic rings. The zero-order valence-corrected chi connectivity index (χ0v) is 14.1. The zero-order chi connectivity index (χ0) is 16.2. The van der Waals surface area contributed by atoms with Gasteiger partial charge in [-0.05, 0) is 57.0 Å². The summed E-state index contributed by atoms with van der Waals surface area (Å²) in [4.78, 5) is 0.0850. The minimum atomic E-state index is -3.59. The van der Waals surface area contributed by atoms with Crippen molar-refractivity contribution in [3.05, 3.63) is 28.8 Å². The molecule has 1 aromatic carbocycles. The van der Waals surface area contributed by atoms with Crippen LogP contribution in [0, 0.1) is 17.2 Å². The molecule has 0 aromatic heterocycles. The molecule has 1 heterocycles. The lowest BCUT2D eigenvalue weighted by molar-refractivity contribution is 0.263. The Hall–Kier alpha value is -1.13. The largest absolute Gasteiger partial charge is 0.320 e. The van der Waals surface area contributed by atoms with Crippen molar-refractivity contribution < 1.29 is 8.42 Å². The lowest BCUT2D eigenvalue weighted by atomic mass is 9.95. The zero-order valence-electron chi connectivity index (χ0n) is 12.5. The number of nitrogens with zero attached hydrogens (tertiary/aromatic N) is 2. The molecule has 0 saturated carbocycles. The van der Waals surface area contributed by atoms with Crippen molar-refractivity contribution in [3.63, 3.8) is 0 Å². The number of hydrogen-bond donors (Lipinski definition) is 1. The van der Waals surface area contributed by atoms with Crippen LogP contribution in [0.2, 0.25) is 5.02 Å². The van der Waals surface area contributed by atoms with Gasteiger partial charge in [-0.25, -0.2) is 8.42 Å². The van der Waals surface area contributed by atoms with E-state index in [2.05, 4.69) is 5.32 Å². The van der Waals surface area contributed by atoms with Gasteiger partial charge in [-0.15, -0.1) is 0 Å². The number of sulfonamides is 1. The molecule has 1 fully saturated rings. The average Bonchev–Trinajstić information content (AvgIpc) is 2.52. The van der Waals surface area contributed by atoms with Crippen LogP contribution in [0.1, 0.15) is 24.8 Å². The maximum absolute atomic E-state index is 12.7. The fraction of sp³-hybridized carbons (Fsp3) is 0.533. The average molecular weight is 342 g/mol. The quantitative estimate of drug-likeness (QED) is 0.891. The predicted octanol–water partition coefficient (Wildman–Crippen LogP) is 2.22. The third-order valence-corrected chi connectivity index (χ3v) is 6.44. The van der Waals surface area contributed by atoms with Gasteiger partial charge in [0.1, 0.15) is 4.90 Å². The lowest BCUT2D eigenvalue weighted by Gasteiger charge is -2.31. The first-order chi connectivity index (χ1) is 10.5. The van der Waals surface area contributed by atoms with Crippen LogP contribution in [0.4, 0.5) is 0 Å². The molecular formula is C15H20ClN3O2S. The number of piperidine rings is 1. The van der Waals surface area contributed by atoms with Gasteiger partial charge in [-0.1, -0.05) is 11.6 Å². The third-order valence-electron chi connectivity index (χ3n) is 4.05. The highest BCUT2D eigenvalue weighted by atomic mass is 35.5. The molecule has 0 radical (unpaired) electrons. The van der Waals surface area contributed by atoms with Crippen molar-refractivity contribution in [2.45, 2.75) is 24.2 Å². The molecule has 0 spiro atoms. The highest BCUT2D eigenvalue weighted by Gasteiger charge is 2.30. The number of nitriles is 1. The first-order valence-electron chi connectivity index (χ1n) is 7.33. The number of benzene rings is 1. The Labute approximate surface area is 136 Å². The number of halogens is 1. The summed E-state index contributed by atoms with van der Waals surface area (Å²) >= 11 is 6.04. The number of nitrogens with one attached hydrogen (secondary N) is 1. The van der Waals surface area contributed by atoms with Crippen LogP contribution in [0.3, 0.4) is 0 Å². The van der Waals surface area contributed by atoms with Crippen molar-refractivity contribution in [2.24, 2.45) is 5.92 Å². The van der Waals surface area contributed by atoms with E-state index in [1.807, 2.05) is 13.1 Å². The Kier molecular flexibility index (Phi) is 5.81. The Morgan fingerprint density at radius 2 is 2.09 bits per heavy atom. The van der Waals surface area contributed by atoms with Gasteiger partial charge >= 0.3 is 0 Å². The lowest BCUT2D eigenvalue weighted by Crippen LogP contribution is -2.39. The summed E-state index contributed by atoms with van der Waals surface area (Å²) in [6, 6.07) is 6.25. The van der Waals surface area contributed by atoms with Gasteiger partial charge in [-0.2, -0.15) is 9.57 Å². The monoisotopic (exact) mass is 341 g/mol. The summed E-state index contributed by atoms with van der Waals surface area (Å²) in [5.74, 6) is 0.565. The van der Waals surface area contributed by atoms with Crippen molar-refractivity contribution in [1.82, 2.24) is 9.62 Å². The molecule has 1 saturated heterocycles. The Morgan fingerprint density at radius 1 is 1.41 bits per heavy atom. The van der Waals surface area contributed by atoms with Gasteiger partial charge in [0.05, 0.1) is 16.7 Å². The van der Waals surface area contributed by atoms with Gasteiger partial charge < -0.3 is 5.32 Å². The van der Waals surface area contributed by atoms with Crippen molar-refractivity contribution >= 4 is 21.6 Å². The Bertz CT molecular complexity index is 662. The van der Waals surface area contributed by atoms with Crippen molar-refractivity contribution in [2.75, 3.05) is 26.7 Å². The van der Waals surface area contributed by atoms with Gasteiger partial charge in [0, 0.05) is 13.1 Å². The second-order valence-corrected chi connectivity index (χ2v) is 7.81. The molecule has 22 heavy (non-hydrogen) atoms. The molecular weight excluding hydrogens is 322 g/mol. The van der Waals surface area contributed by atoms with Gasteiger partial charge in [0.15, 0.2) is 0 Å². The summed E-state index contributed by atoms with van der Waals surface area (Å²) < 4.78 is 26.8. The van der Waals surface area contributed by atoms with Crippen LogP contribution < -0.4 is 5.32 Å². The Balaban J connectivity index is 2.11. The van der Waals surface area contributed by atoms with Crippen LogP contribution in [0.25, 0.3) is 0 Å². The molecule has 0 aliphatic carbocycles. The first kappa shape index (κ1) is 17.2. The summed E-state index contributed by atoms with van der Waals surface area (Å²) in [5, 5.41) is 12.1. The van der Waals surface area contributed by atoms with E-state index in [1.165, 1.54) is 22.5 Å². The van der Waals surface area contributed by atoms with E-state index in [1.54, 1.807) is 0 Å². The van der Waals surface area contributed by atoms with Crippen molar-refractivity contribution in [3.8, 4) is 6.07 Å². The second-order valence-electron chi connectivity index (χ2n) is 5.50. The Morgan fingerprint density at radius 3 is 2.64 bits per heavy atom. The molecule has 7 heteroatoms. The molecule has 0 atom stereocenters. The standard InChI is InChI=1S/C15H20ClN3O2S/c1-18-7-4-12-5-8-19(9-6-12)22(20,21)15-3-2-13(11-17)10-14(15)16/h2-3,10,12,18H,4-9H2,1H3. The number of rotatable bonds is 5. The topological polar surface area (TPSA) is 73.2 Å². The van der Waals surface area contributed by atoms with Crippen LogP contribution >= 0.6 is 11.6 Å². The minimum absolute atomic E-state index is 0.0850. The summed E-state index contributed by atoms with van der Waals surface area (Å²) in [6.07, 6.45) is 2.81. The maximum atomic E-state index is 12.7. The van der Waals surface area contributed by atoms with Crippen LogP contribution in [0.5, 0.6) is 0 Å². The molecule has 0 amide bonds. The summed E-state index contributed by atoms with van der Waals surface area (Å²) in [6.45, 7) is 2.00. The van der Waals surface area contributed by atoms with E-state index in [9.17, 15) is 8.42 Å². The number of hydrogen-bond acceptors (Lipinski definition) is 4. The highest BCUT2D eigenvalue weighted by molar-refractivity contribution is 7.89. The van der Waals surface area contributed by atoms with Crippen LogP contribution in [-0.2, 0) is 10.0 Å². The normalized spacial score (nSPS) is 17.3. The van der Waals surface area contributed by atoms with E-state index >= 15 is 0 Å². The molecule has 1 aliphatic rings. The van der Waals surface area contributed by atoms with E-state index in [0.717, 1.165) is 25.8 Å².